The molecule has 0 unspecified atom stereocenters. The van der Waals surface area contributed by atoms with Crippen molar-refractivity contribution in [1.29, 1.82) is 0 Å². The Labute approximate surface area is 370 Å². The van der Waals surface area contributed by atoms with Crippen LogP contribution in [0.1, 0.15) is 61.1 Å². The third kappa shape index (κ3) is 5.62. The Morgan fingerprint density at radius 1 is 0.286 bits per heavy atom. The van der Waals surface area contributed by atoms with Crippen molar-refractivity contribution < 1.29 is 0 Å². The second-order valence-electron chi connectivity index (χ2n) is 19.1. The van der Waals surface area contributed by atoms with Crippen LogP contribution >= 0.6 is 0 Å². The first-order valence-corrected chi connectivity index (χ1v) is 22.4. The molecule has 2 aliphatic rings. The summed E-state index contributed by atoms with van der Waals surface area (Å²) >= 11 is 0. The Morgan fingerprint density at radius 2 is 0.746 bits per heavy atom. The molecule has 302 valence electrons. The lowest BCUT2D eigenvalue weighted by Crippen LogP contribution is -2.16. The summed E-state index contributed by atoms with van der Waals surface area (Å²) in [5.41, 5.74) is 21.7. The molecule has 10 aromatic carbocycles. The van der Waals surface area contributed by atoms with Crippen molar-refractivity contribution in [2.45, 2.75) is 52.4 Å². The first-order valence-electron chi connectivity index (χ1n) is 22.4. The third-order valence-electron chi connectivity index (χ3n) is 14.5. The number of aryl methyl sites for hydroxylation is 2. The van der Waals surface area contributed by atoms with Gasteiger partial charge in [0.1, 0.15) is 0 Å². The summed E-state index contributed by atoms with van der Waals surface area (Å²) < 4.78 is 0. The predicted molar refractivity (Wildman–Crippen MR) is 269 cm³/mol. The van der Waals surface area contributed by atoms with Crippen LogP contribution in [-0.4, -0.2) is 0 Å². The molecule has 12 rings (SSSR count). The van der Waals surface area contributed by atoms with E-state index in [1.165, 1.54) is 127 Å². The molecule has 1 heteroatoms. The fraction of sp³-hybridized carbons (Fsp3) is 0.129. The van der Waals surface area contributed by atoms with Crippen molar-refractivity contribution in [1.82, 2.24) is 0 Å². The summed E-state index contributed by atoms with van der Waals surface area (Å²) in [6.45, 7) is 13.9. The van der Waals surface area contributed by atoms with E-state index in [0.29, 0.717) is 0 Å². The molecule has 0 radical (unpaired) electrons. The SMILES string of the molecule is Cc1cccc(N(c2cccc(C)c2)c2ccc3c(c2)C(C)(C)c2cc(-c4cc5c6ccccc6c(-c6ccc7c(c6)-c6ccccc6C7(C)C)cc5c5ccccc45)ccc2-3)c1. The van der Waals surface area contributed by atoms with Gasteiger partial charge < -0.3 is 4.90 Å². The lowest BCUT2D eigenvalue weighted by atomic mass is 9.80. The number of anilines is 3. The molecule has 0 N–H and O–H groups in total. The Morgan fingerprint density at radius 3 is 1.37 bits per heavy atom. The second kappa shape index (κ2) is 13.6. The van der Waals surface area contributed by atoms with E-state index >= 15 is 0 Å². The van der Waals surface area contributed by atoms with Gasteiger partial charge in [-0.2, -0.15) is 0 Å². The van der Waals surface area contributed by atoms with Gasteiger partial charge in [0.25, 0.3) is 0 Å². The topological polar surface area (TPSA) is 3.24 Å². The molecule has 0 heterocycles. The maximum atomic E-state index is 2.49. The van der Waals surface area contributed by atoms with Gasteiger partial charge in [0, 0.05) is 27.9 Å². The van der Waals surface area contributed by atoms with Crippen LogP contribution in [0, 0.1) is 13.8 Å². The van der Waals surface area contributed by atoms with E-state index in [1.807, 2.05) is 0 Å². The van der Waals surface area contributed by atoms with Crippen LogP contribution in [0.4, 0.5) is 17.1 Å². The third-order valence-corrected chi connectivity index (χ3v) is 14.5. The van der Waals surface area contributed by atoms with Crippen LogP contribution < -0.4 is 4.90 Å². The van der Waals surface area contributed by atoms with Gasteiger partial charge >= 0.3 is 0 Å². The maximum Gasteiger partial charge on any atom is 0.0465 e. The van der Waals surface area contributed by atoms with E-state index < -0.39 is 0 Å². The van der Waals surface area contributed by atoms with Crippen molar-refractivity contribution in [2.75, 3.05) is 4.90 Å². The first kappa shape index (κ1) is 37.5. The van der Waals surface area contributed by atoms with Crippen molar-refractivity contribution in [3.8, 4) is 44.5 Å². The Kier molecular flexibility index (Phi) is 8.13. The zero-order valence-electron chi connectivity index (χ0n) is 36.8. The normalized spacial score (nSPS) is 14.1. The minimum Gasteiger partial charge on any atom is -0.310 e. The summed E-state index contributed by atoms with van der Waals surface area (Å²) in [6.07, 6.45) is 0. The molecule has 63 heavy (non-hydrogen) atoms. The van der Waals surface area contributed by atoms with Crippen LogP contribution in [-0.2, 0) is 10.8 Å². The van der Waals surface area contributed by atoms with Gasteiger partial charge in [-0.1, -0.05) is 155 Å². The molecule has 0 spiro atoms. The van der Waals surface area contributed by atoms with Gasteiger partial charge in [-0.3, -0.25) is 0 Å². The molecule has 0 fully saturated rings. The summed E-state index contributed by atoms with van der Waals surface area (Å²) in [6, 6.07) is 71.1. The van der Waals surface area contributed by atoms with E-state index in [-0.39, 0.29) is 10.8 Å². The minimum absolute atomic E-state index is 0.0223. The molecule has 0 bridgehead atoms. The highest BCUT2D eigenvalue weighted by Gasteiger charge is 2.37. The van der Waals surface area contributed by atoms with Crippen molar-refractivity contribution in [3.63, 3.8) is 0 Å². The first-order chi connectivity index (χ1) is 30.6. The highest BCUT2D eigenvalue weighted by molar-refractivity contribution is 6.24. The van der Waals surface area contributed by atoms with Crippen LogP contribution in [0.3, 0.4) is 0 Å². The van der Waals surface area contributed by atoms with Crippen LogP contribution in [0.5, 0.6) is 0 Å². The quantitative estimate of drug-likeness (QED) is 0.157. The molecule has 0 aliphatic heterocycles. The molecule has 1 nitrogen and oxygen atoms in total. The molecule has 2 aliphatic carbocycles. The van der Waals surface area contributed by atoms with E-state index in [4.69, 9.17) is 0 Å². The van der Waals surface area contributed by atoms with Crippen LogP contribution in [0.25, 0.3) is 76.8 Å². The smallest absolute Gasteiger partial charge is 0.0465 e. The van der Waals surface area contributed by atoms with Crippen molar-refractivity contribution >= 4 is 49.4 Å². The summed E-state index contributed by atoms with van der Waals surface area (Å²) in [5.74, 6) is 0. The lowest BCUT2D eigenvalue weighted by molar-refractivity contribution is 0.660. The average Bonchev–Trinajstić information content (AvgIpc) is 3.67. The molecule has 0 aromatic heterocycles. The van der Waals surface area contributed by atoms with Crippen LogP contribution in [0.15, 0.2) is 188 Å². The van der Waals surface area contributed by atoms with E-state index in [0.717, 1.165) is 0 Å². The fourth-order valence-corrected chi connectivity index (χ4v) is 11.3. The molecule has 0 amide bonds. The number of hydrogen-bond donors (Lipinski definition) is 0. The molecule has 10 aromatic rings. The van der Waals surface area contributed by atoms with Gasteiger partial charge in [0.2, 0.25) is 0 Å². The van der Waals surface area contributed by atoms with Gasteiger partial charge in [0.05, 0.1) is 0 Å². The Balaban J connectivity index is 0.997. The van der Waals surface area contributed by atoms with Crippen molar-refractivity contribution in [2.24, 2.45) is 0 Å². The number of rotatable bonds is 5. The van der Waals surface area contributed by atoms with Crippen molar-refractivity contribution in [3.05, 3.63) is 221 Å². The second-order valence-corrected chi connectivity index (χ2v) is 19.1. The summed E-state index contributed by atoms with van der Waals surface area (Å²) in [4.78, 5) is 2.41. The minimum atomic E-state index is -0.207. The highest BCUT2D eigenvalue weighted by Crippen LogP contribution is 2.53. The largest absolute Gasteiger partial charge is 0.310 e. The number of hydrogen-bond acceptors (Lipinski definition) is 1. The molecule has 0 atom stereocenters. The number of benzene rings is 10. The summed E-state index contributed by atoms with van der Waals surface area (Å²) in [7, 11) is 0. The van der Waals surface area contributed by atoms with Crippen LogP contribution in [0.2, 0.25) is 0 Å². The molecule has 0 saturated carbocycles. The van der Waals surface area contributed by atoms with E-state index in [2.05, 4.69) is 234 Å². The molecule has 0 saturated heterocycles. The van der Waals surface area contributed by atoms with E-state index in [1.54, 1.807) is 0 Å². The monoisotopic (exact) mass is 807 g/mol. The van der Waals surface area contributed by atoms with Gasteiger partial charge in [-0.15, -0.1) is 0 Å². The zero-order valence-corrected chi connectivity index (χ0v) is 36.8. The fourth-order valence-electron chi connectivity index (χ4n) is 11.3. The van der Waals surface area contributed by atoms with Gasteiger partial charge in [0.15, 0.2) is 0 Å². The Bertz CT molecular complexity index is 3500. The highest BCUT2D eigenvalue weighted by atomic mass is 15.1. The molecular weight excluding hydrogens is 759 g/mol. The summed E-state index contributed by atoms with van der Waals surface area (Å²) in [5, 5.41) is 7.70. The molecular formula is C62H49N. The maximum absolute atomic E-state index is 2.49. The Hall–Kier alpha value is -7.22. The number of nitrogens with zero attached hydrogens (tertiary/aromatic N) is 1. The van der Waals surface area contributed by atoms with Gasteiger partial charge in [-0.05, 0) is 185 Å². The van der Waals surface area contributed by atoms with E-state index in [9.17, 15) is 0 Å². The zero-order chi connectivity index (χ0) is 42.8. The average molecular weight is 808 g/mol. The number of fused-ring (bicyclic) bond motifs is 11. The standard InChI is InChI=1S/C62H49N/c1-38-15-13-17-42(31-38)63(43-18-14-16-39(2)32-43)44-27-29-51-50-28-25-41(34-59(50)62(5,6)60(51)35-44)53-37-55-47-21-9-7-19-45(47)52(36-54(55)48-22-10-8-20-46(48)53)40-26-30-58-56(33-40)49-23-11-12-24-57(49)61(58,3)4/h7-37H,1-6H3. The lowest BCUT2D eigenvalue weighted by Gasteiger charge is -2.28. The van der Waals surface area contributed by atoms with Gasteiger partial charge in [-0.25, -0.2) is 0 Å². The predicted octanol–water partition coefficient (Wildman–Crippen LogP) is 17.2.